The van der Waals surface area contributed by atoms with Crippen molar-refractivity contribution in [2.75, 3.05) is 17.6 Å². The number of aromatic nitrogens is 2. The zero-order valence-electron chi connectivity index (χ0n) is 12.8. The Morgan fingerprint density at radius 2 is 2.08 bits per heavy atom. The Kier molecular flexibility index (Phi) is 4.50. The van der Waals surface area contributed by atoms with Gasteiger partial charge in [-0.15, -0.1) is 0 Å². The summed E-state index contributed by atoms with van der Waals surface area (Å²) >= 11 is 0. The molecule has 6 nitrogen and oxygen atoms in total. The zero-order valence-corrected chi connectivity index (χ0v) is 13.6. The maximum absolute atomic E-state index is 13.2. The van der Waals surface area contributed by atoms with Gasteiger partial charge in [-0.2, -0.15) is 0 Å². The van der Waals surface area contributed by atoms with Gasteiger partial charge in [0.2, 0.25) is 10.0 Å². The lowest BCUT2D eigenvalue weighted by atomic mass is 10.1. The number of anilines is 1. The molecule has 8 heteroatoms. The number of nitrogens with two attached hydrogens (primary N) is 1. The molecule has 0 fully saturated rings. The van der Waals surface area contributed by atoms with Crippen molar-refractivity contribution < 1.29 is 12.8 Å². The van der Waals surface area contributed by atoms with Gasteiger partial charge in [-0.1, -0.05) is 0 Å². The van der Waals surface area contributed by atoms with E-state index in [0.717, 1.165) is 22.0 Å². The molecule has 0 amide bonds. The summed E-state index contributed by atoms with van der Waals surface area (Å²) in [7, 11) is -3.43. The fourth-order valence-electron chi connectivity index (χ4n) is 2.48. The smallest absolute Gasteiger partial charge is 0.209 e. The first kappa shape index (κ1) is 16.4. The molecule has 0 unspecified atom stereocenters. The van der Waals surface area contributed by atoms with Gasteiger partial charge in [0.05, 0.1) is 5.75 Å². The Morgan fingerprint density at radius 3 is 2.79 bits per heavy atom. The van der Waals surface area contributed by atoms with Crippen LogP contribution in [0.15, 0.2) is 42.7 Å². The number of nitrogens with one attached hydrogen (secondary N) is 2. The molecule has 3 rings (SSSR count). The monoisotopic (exact) mass is 348 g/mol. The SMILES string of the molecule is NS(=O)(=O)CCCNc1ccc(-c2c[nH]c3cc(F)ccc23)cn1. The molecule has 0 aliphatic carbocycles. The zero-order chi connectivity index (χ0) is 17.2. The number of benzene rings is 1. The first-order valence-corrected chi connectivity index (χ1v) is 9.11. The van der Waals surface area contributed by atoms with E-state index in [4.69, 9.17) is 5.14 Å². The standard InChI is InChI=1S/C16H17FN4O2S/c17-12-3-4-13-14(10-20-15(13)8-12)11-2-5-16(21-9-11)19-6-1-7-24(18,22)23/h2-5,8-10,20H,1,6-7H2,(H,19,21)(H2,18,22,23). The molecule has 4 N–H and O–H groups in total. The van der Waals surface area contributed by atoms with Crippen LogP contribution in [0.2, 0.25) is 0 Å². The number of hydrogen-bond donors (Lipinski definition) is 3. The van der Waals surface area contributed by atoms with E-state index in [9.17, 15) is 12.8 Å². The lowest BCUT2D eigenvalue weighted by Crippen LogP contribution is -2.18. The molecule has 2 heterocycles. The van der Waals surface area contributed by atoms with Crippen LogP contribution < -0.4 is 10.5 Å². The van der Waals surface area contributed by atoms with E-state index < -0.39 is 10.0 Å². The number of H-pyrrole nitrogens is 1. The quantitative estimate of drug-likeness (QED) is 0.596. The molecule has 3 aromatic rings. The molecular formula is C16H17FN4O2S. The molecule has 126 valence electrons. The van der Waals surface area contributed by atoms with Crippen molar-refractivity contribution in [3.63, 3.8) is 0 Å². The fourth-order valence-corrected chi connectivity index (χ4v) is 3.03. The van der Waals surface area contributed by atoms with Gasteiger partial charge in [0.1, 0.15) is 11.6 Å². The second-order valence-corrected chi connectivity index (χ2v) is 7.21. The van der Waals surface area contributed by atoms with Gasteiger partial charge in [-0.25, -0.2) is 22.9 Å². The van der Waals surface area contributed by atoms with Crippen molar-refractivity contribution in [2.24, 2.45) is 5.14 Å². The molecule has 0 saturated heterocycles. The number of halogens is 1. The van der Waals surface area contributed by atoms with E-state index in [1.807, 2.05) is 18.3 Å². The molecule has 0 atom stereocenters. The molecular weight excluding hydrogens is 331 g/mol. The number of sulfonamides is 1. The van der Waals surface area contributed by atoms with Crippen LogP contribution in [0.1, 0.15) is 6.42 Å². The lowest BCUT2D eigenvalue weighted by molar-refractivity contribution is 0.595. The first-order valence-electron chi connectivity index (χ1n) is 7.40. The third-order valence-electron chi connectivity index (χ3n) is 3.63. The second-order valence-electron chi connectivity index (χ2n) is 5.47. The number of hydrogen-bond acceptors (Lipinski definition) is 4. The number of pyridine rings is 1. The maximum atomic E-state index is 13.2. The Hall–Kier alpha value is -2.45. The number of aromatic amines is 1. The summed E-state index contributed by atoms with van der Waals surface area (Å²) in [6.07, 6.45) is 3.95. The van der Waals surface area contributed by atoms with Crippen LogP contribution in [-0.2, 0) is 10.0 Å². The third-order valence-corrected chi connectivity index (χ3v) is 4.49. The highest BCUT2D eigenvalue weighted by molar-refractivity contribution is 7.89. The van der Waals surface area contributed by atoms with Crippen molar-refractivity contribution in [1.82, 2.24) is 9.97 Å². The Labute approximate surface area is 139 Å². The Bertz CT molecular complexity index is 952. The van der Waals surface area contributed by atoms with E-state index in [1.165, 1.54) is 12.1 Å². The summed E-state index contributed by atoms with van der Waals surface area (Å²) in [6.45, 7) is 0.467. The minimum absolute atomic E-state index is 0.0655. The lowest BCUT2D eigenvalue weighted by Gasteiger charge is -2.06. The van der Waals surface area contributed by atoms with E-state index >= 15 is 0 Å². The molecule has 0 saturated carbocycles. The Morgan fingerprint density at radius 1 is 1.25 bits per heavy atom. The molecule has 0 aliphatic heterocycles. The van der Waals surface area contributed by atoms with Crippen LogP contribution >= 0.6 is 0 Å². The van der Waals surface area contributed by atoms with Crippen molar-refractivity contribution in [2.45, 2.75) is 6.42 Å². The van der Waals surface area contributed by atoms with Gasteiger partial charge in [0.25, 0.3) is 0 Å². The van der Waals surface area contributed by atoms with Gasteiger partial charge >= 0.3 is 0 Å². The average Bonchev–Trinajstić information content (AvgIpc) is 2.94. The number of rotatable bonds is 6. The topological polar surface area (TPSA) is 101 Å². The normalized spacial score (nSPS) is 11.8. The summed E-state index contributed by atoms with van der Waals surface area (Å²) in [5.74, 6) is 0.302. The van der Waals surface area contributed by atoms with Crippen molar-refractivity contribution in [1.29, 1.82) is 0 Å². The summed E-state index contributed by atoms with van der Waals surface area (Å²) in [6, 6.07) is 8.33. The minimum atomic E-state index is -3.43. The molecule has 24 heavy (non-hydrogen) atoms. The Balaban J connectivity index is 1.70. The van der Waals surface area contributed by atoms with Crippen LogP contribution in [0.5, 0.6) is 0 Å². The first-order chi connectivity index (χ1) is 11.4. The minimum Gasteiger partial charge on any atom is -0.370 e. The number of nitrogens with zero attached hydrogens (tertiary/aromatic N) is 1. The molecule has 0 radical (unpaired) electrons. The third kappa shape index (κ3) is 3.90. The van der Waals surface area contributed by atoms with Crippen LogP contribution in [0.3, 0.4) is 0 Å². The predicted molar refractivity (Wildman–Crippen MR) is 92.6 cm³/mol. The van der Waals surface area contributed by atoms with Gasteiger partial charge in [-0.05, 0) is 36.8 Å². The summed E-state index contributed by atoms with van der Waals surface area (Å²) < 4.78 is 34.9. The van der Waals surface area contributed by atoms with Crippen molar-refractivity contribution in [3.8, 4) is 11.1 Å². The van der Waals surface area contributed by atoms with Crippen LogP contribution in [0, 0.1) is 5.82 Å². The van der Waals surface area contributed by atoms with E-state index in [0.29, 0.717) is 18.8 Å². The van der Waals surface area contributed by atoms with Crippen LogP contribution in [0.25, 0.3) is 22.0 Å². The highest BCUT2D eigenvalue weighted by atomic mass is 32.2. The van der Waals surface area contributed by atoms with Crippen LogP contribution in [0.4, 0.5) is 10.2 Å². The number of fused-ring (bicyclic) bond motifs is 1. The van der Waals surface area contributed by atoms with Crippen LogP contribution in [-0.4, -0.2) is 30.7 Å². The highest BCUT2D eigenvalue weighted by Gasteiger charge is 2.07. The molecule has 0 bridgehead atoms. The van der Waals surface area contributed by atoms with Crippen molar-refractivity contribution >= 4 is 26.7 Å². The average molecular weight is 348 g/mol. The second kappa shape index (κ2) is 6.58. The van der Waals surface area contributed by atoms with Gasteiger partial charge in [-0.3, -0.25) is 0 Å². The molecule has 2 aromatic heterocycles. The van der Waals surface area contributed by atoms with Gasteiger partial charge < -0.3 is 10.3 Å². The van der Waals surface area contributed by atoms with Gasteiger partial charge in [0, 0.05) is 41.0 Å². The van der Waals surface area contributed by atoms with E-state index in [-0.39, 0.29) is 11.6 Å². The molecule has 0 spiro atoms. The fraction of sp³-hybridized carbons (Fsp3) is 0.188. The summed E-state index contributed by atoms with van der Waals surface area (Å²) in [5, 5.41) is 8.92. The van der Waals surface area contributed by atoms with E-state index in [1.54, 1.807) is 12.3 Å². The molecule has 1 aromatic carbocycles. The predicted octanol–water partition coefficient (Wildman–Crippen LogP) is 2.46. The summed E-state index contributed by atoms with van der Waals surface area (Å²) in [5.41, 5.74) is 2.58. The number of primary sulfonamides is 1. The maximum Gasteiger partial charge on any atom is 0.209 e. The van der Waals surface area contributed by atoms with Crippen molar-refractivity contribution in [3.05, 3.63) is 48.5 Å². The van der Waals surface area contributed by atoms with Gasteiger partial charge in [0.15, 0.2) is 0 Å². The highest BCUT2D eigenvalue weighted by Crippen LogP contribution is 2.28. The van der Waals surface area contributed by atoms with E-state index in [2.05, 4.69) is 15.3 Å². The molecule has 0 aliphatic rings. The largest absolute Gasteiger partial charge is 0.370 e. The summed E-state index contributed by atoms with van der Waals surface area (Å²) in [4.78, 5) is 7.36.